The van der Waals surface area contributed by atoms with Gasteiger partial charge in [0.25, 0.3) is 0 Å². The van der Waals surface area contributed by atoms with E-state index in [-0.39, 0.29) is 6.17 Å². The van der Waals surface area contributed by atoms with Gasteiger partial charge in [-0.15, -0.1) is 0 Å². The Balaban J connectivity index is 1.09. The van der Waals surface area contributed by atoms with Crippen LogP contribution >= 0.6 is 0 Å². The molecule has 0 bridgehead atoms. The molecule has 0 spiro atoms. The Hall–Kier alpha value is -8.15. The van der Waals surface area contributed by atoms with Gasteiger partial charge in [0.15, 0.2) is 5.84 Å². The summed E-state index contributed by atoms with van der Waals surface area (Å²) in [5.74, 6) is 1.51. The first-order valence-electron chi connectivity index (χ1n) is 20.7. The van der Waals surface area contributed by atoms with Crippen molar-refractivity contribution in [3.63, 3.8) is 0 Å². The topological polar surface area (TPSA) is 54.6 Å². The summed E-state index contributed by atoms with van der Waals surface area (Å²) >= 11 is 0. The number of nitrogens with zero attached hydrogens (tertiary/aromatic N) is 4. The maximum absolute atomic E-state index is 5.37. The van der Waals surface area contributed by atoms with Crippen LogP contribution in [0.25, 0.3) is 82.3 Å². The minimum atomic E-state index is -0.281. The summed E-state index contributed by atoms with van der Waals surface area (Å²) < 4.78 is 2.42. The summed E-state index contributed by atoms with van der Waals surface area (Å²) in [6.45, 7) is 0. The lowest BCUT2D eigenvalue weighted by molar-refractivity contribution is 0.674. The molecule has 61 heavy (non-hydrogen) atoms. The first-order chi connectivity index (χ1) is 30.3. The van der Waals surface area contributed by atoms with E-state index in [1.807, 2.05) is 24.3 Å². The zero-order chi connectivity index (χ0) is 40.3. The number of nitrogens with one attached hydrogen (secondary N) is 1. The van der Waals surface area contributed by atoms with Gasteiger partial charge in [0, 0.05) is 43.9 Å². The number of hydrogen-bond donors (Lipinski definition) is 1. The third-order valence-corrected chi connectivity index (χ3v) is 12.0. The minimum absolute atomic E-state index is 0.281. The van der Waals surface area contributed by atoms with Crippen LogP contribution in [-0.2, 0) is 0 Å². The number of para-hydroxylation sites is 2. The predicted octanol–water partition coefficient (Wildman–Crippen LogP) is 13.5. The lowest BCUT2D eigenvalue weighted by atomic mass is 9.93. The van der Waals surface area contributed by atoms with E-state index in [4.69, 9.17) is 15.0 Å². The van der Waals surface area contributed by atoms with Crippen molar-refractivity contribution in [2.45, 2.75) is 6.17 Å². The molecule has 286 valence electrons. The van der Waals surface area contributed by atoms with E-state index < -0.39 is 0 Å². The zero-order valence-electron chi connectivity index (χ0n) is 33.1. The average molecular weight is 780 g/mol. The van der Waals surface area contributed by atoms with Gasteiger partial charge in [0.05, 0.1) is 22.2 Å². The van der Waals surface area contributed by atoms with Crippen LogP contribution in [0.4, 0.5) is 0 Å². The first kappa shape index (κ1) is 34.9. The Labute approximate surface area is 352 Å². The molecule has 5 nitrogen and oxygen atoms in total. The van der Waals surface area contributed by atoms with Crippen LogP contribution in [0, 0.1) is 0 Å². The van der Waals surface area contributed by atoms with Crippen LogP contribution in [-0.4, -0.2) is 21.2 Å². The van der Waals surface area contributed by atoms with Crippen molar-refractivity contribution in [2.75, 3.05) is 0 Å². The Morgan fingerprint density at radius 1 is 0.426 bits per heavy atom. The summed E-state index contributed by atoms with van der Waals surface area (Å²) in [6, 6.07) is 75.1. The van der Waals surface area contributed by atoms with Gasteiger partial charge in [-0.25, -0.2) is 15.0 Å². The maximum atomic E-state index is 5.37. The smallest absolute Gasteiger partial charge is 0.160 e. The monoisotopic (exact) mass is 779 g/mol. The summed E-state index contributed by atoms with van der Waals surface area (Å²) in [6.07, 6.45) is -0.281. The molecule has 0 aliphatic carbocycles. The highest BCUT2D eigenvalue weighted by molar-refractivity contribution is 6.29. The van der Waals surface area contributed by atoms with Crippen LogP contribution < -0.4 is 5.32 Å². The molecule has 1 aliphatic rings. The van der Waals surface area contributed by atoms with E-state index in [0.717, 1.165) is 88.7 Å². The highest BCUT2D eigenvalue weighted by Crippen LogP contribution is 2.44. The third kappa shape index (κ3) is 5.82. The maximum Gasteiger partial charge on any atom is 0.160 e. The number of benzene rings is 9. The van der Waals surface area contributed by atoms with Crippen molar-refractivity contribution in [3.05, 3.63) is 229 Å². The third-order valence-electron chi connectivity index (χ3n) is 12.0. The molecular formula is C56H37N5. The van der Waals surface area contributed by atoms with Crippen molar-refractivity contribution in [2.24, 2.45) is 9.98 Å². The first-order valence-corrected chi connectivity index (χ1v) is 20.7. The van der Waals surface area contributed by atoms with Crippen LogP contribution in [0.3, 0.4) is 0 Å². The Bertz CT molecular complexity index is 3540. The predicted molar refractivity (Wildman–Crippen MR) is 254 cm³/mol. The summed E-state index contributed by atoms with van der Waals surface area (Å²) in [4.78, 5) is 15.8. The normalized spacial score (nSPS) is 14.1. The molecule has 0 saturated heterocycles. The molecule has 12 rings (SSSR count). The lowest BCUT2D eigenvalue weighted by Crippen LogP contribution is -2.33. The lowest BCUT2D eigenvalue weighted by Gasteiger charge is -2.24. The molecule has 1 unspecified atom stereocenters. The van der Waals surface area contributed by atoms with E-state index >= 15 is 0 Å². The van der Waals surface area contributed by atoms with Gasteiger partial charge in [-0.1, -0.05) is 176 Å². The van der Waals surface area contributed by atoms with Crippen LogP contribution in [0.2, 0.25) is 0 Å². The van der Waals surface area contributed by atoms with Gasteiger partial charge in [0.1, 0.15) is 12.0 Å². The molecule has 0 amide bonds. The van der Waals surface area contributed by atoms with Crippen molar-refractivity contribution in [3.8, 4) is 28.1 Å². The number of rotatable bonds is 6. The molecular weight excluding hydrogens is 743 g/mol. The van der Waals surface area contributed by atoms with E-state index in [1.165, 1.54) is 16.2 Å². The van der Waals surface area contributed by atoms with E-state index in [9.17, 15) is 0 Å². The largest absolute Gasteiger partial charge is 0.344 e. The van der Waals surface area contributed by atoms with Gasteiger partial charge in [0.2, 0.25) is 0 Å². The van der Waals surface area contributed by atoms with Crippen LogP contribution in [0.15, 0.2) is 222 Å². The summed E-state index contributed by atoms with van der Waals surface area (Å²) in [5.41, 5.74) is 11.9. The van der Waals surface area contributed by atoms with Crippen LogP contribution in [0.1, 0.15) is 22.9 Å². The van der Waals surface area contributed by atoms with E-state index in [2.05, 4.69) is 198 Å². The number of pyridine rings is 1. The second-order valence-corrected chi connectivity index (χ2v) is 15.6. The molecule has 2 aromatic heterocycles. The summed E-state index contributed by atoms with van der Waals surface area (Å²) in [7, 11) is 0. The van der Waals surface area contributed by atoms with Crippen molar-refractivity contribution >= 4 is 65.9 Å². The average Bonchev–Trinajstić information content (AvgIpc) is 3.68. The molecule has 1 aliphatic heterocycles. The highest BCUT2D eigenvalue weighted by Gasteiger charge is 2.24. The van der Waals surface area contributed by atoms with Gasteiger partial charge >= 0.3 is 0 Å². The zero-order valence-corrected chi connectivity index (χ0v) is 33.1. The Morgan fingerprint density at radius 2 is 1.03 bits per heavy atom. The second-order valence-electron chi connectivity index (χ2n) is 15.6. The quantitative estimate of drug-likeness (QED) is 0.171. The standard InChI is InChI=1S/C56H37N5/c1-5-17-36(18-6-1)53-52-45(44-27-15-16-28-48(44)57-53)33-34-49-51(52)47-30-29-39(35-50(47)61(49)40-23-11-4-12-24-40)41-31-32-46(43-26-14-13-25-42(41)43)56-59-54(37-19-7-2-8-20-37)58-55(60-56)38-21-9-3-10-22-38/h1-35,54H,(H,58,59,60). The Morgan fingerprint density at radius 3 is 1.79 bits per heavy atom. The van der Waals surface area contributed by atoms with Gasteiger partial charge in [-0.3, -0.25) is 0 Å². The van der Waals surface area contributed by atoms with Gasteiger partial charge in [-0.2, -0.15) is 0 Å². The number of aromatic nitrogens is 2. The number of amidine groups is 2. The van der Waals surface area contributed by atoms with Crippen molar-refractivity contribution in [1.82, 2.24) is 14.9 Å². The molecule has 9 aromatic carbocycles. The van der Waals surface area contributed by atoms with E-state index in [0.29, 0.717) is 5.84 Å². The number of hydrogen-bond acceptors (Lipinski definition) is 4. The minimum Gasteiger partial charge on any atom is -0.344 e. The summed E-state index contributed by atoms with van der Waals surface area (Å²) in [5, 5.41) is 11.7. The van der Waals surface area contributed by atoms with Gasteiger partial charge in [-0.05, 0) is 69.2 Å². The van der Waals surface area contributed by atoms with Crippen molar-refractivity contribution in [1.29, 1.82) is 0 Å². The second kappa shape index (κ2) is 14.3. The number of aliphatic imine (C=N–C) groups is 2. The fourth-order valence-corrected chi connectivity index (χ4v) is 9.25. The number of fused-ring (bicyclic) bond motifs is 8. The van der Waals surface area contributed by atoms with Crippen LogP contribution in [0.5, 0.6) is 0 Å². The molecule has 0 fully saturated rings. The molecule has 11 aromatic rings. The van der Waals surface area contributed by atoms with Gasteiger partial charge < -0.3 is 9.88 Å². The fourth-order valence-electron chi connectivity index (χ4n) is 9.25. The van der Waals surface area contributed by atoms with Crippen molar-refractivity contribution < 1.29 is 0 Å². The molecule has 0 radical (unpaired) electrons. The molecule has 0 saturated carbocycles. The fraction of sp³-hybridized carbons (Fsp3) is 0.0179. The molecule has 3 heterocycles. The Kier molecular flexibility index (Phi) is 8.17. The SMILES string of the molecule is c1ccc(C2=NC(c3ccc(-c4ccc5c6c7c(-c8ccccc8)nc8ccccc8c7ccc6n(-c6ccccc6)c5c4)c4ccccc34)=NC(c3ccccc3)N2)cc1. The highest BCUT2D eigenvalue weighted by atomic mass is 15.2. The molecule has 5 heteroatoms. The molecule has 1 atom stereocenters. The van der Waals surface area contributed by atoms with E-state index in [1.54, 1.807) is 0 Å². The molecule has 1 N–H and O–H groups in total.